The second-order valence-corrected chi connectivity index (χ2v) is 3.56. The van der Waals surface area contributed by atoms with E-state index in [0.29, 0.717) is 0 Å². The molecule has 0 unspecified atom stereocenters. The zero-order valence-electron chi connectivity index (χ0n) is 9.69. The van der Waals surface area contributed by atoms with Crippen LogP contribution in [0.25, 0.3) is 0 Å². The van der Waals surface area contributed by atoms with Gasteiger partial charge in [-0.1, -0.05) is 42.5 Å². The molecule has 90 valence electrons. The third kappa shape index (κ3) is 3.52. The van der Waals surface area contributed by atoms with Crippen LogP contribution in [0.5, 0.6) is 0 Å². The minimum atomic E-state index is -0.484. The van der Waals surface area contributed by atoms with Crippen molar-refractivity contribution in [3.8, 4) is 0 Å². The van der Waals surface area contributed by atoms with Crippen molar-refractivity contribution < 1.29 is 9.53 Å². The molecular formula is C14H12N2O2. The van der Waals surface area contributed by atoms with E-state index in [1.165, 1.54) is 6.20 Å². The Morgan fingerprint density at radius 3 is 2.78 bits per heavy atom. The topological polar surface area (TPSA) is 51.0 Å². The molecule has 1 heterocycles. The summed E-state index contributed by atoms with van der Waals surface area (Å²) in [7, 11) is 0. The summed E-state index contributed by atoms with van der Waals surface area (Å²) in [4.78, 5) is 11.7. The molecule has 1 aromatic rings. The Balaban J connectivity index is 1.96. The largest absolute Gasteiger partial charge is 0.456 e. The van der Waals surface area contributed by atoms with Gasteiger partial charge >= 0.3 is 5.97 Å². The summed E-state index contributed by atoms with van der Waals surface area (Å²) in [6.07, 6.45) is 8.29. The van der Waals surface area contributed by atoms with E-state index in [4.69, 9.17) is 4.74 Å². The molecule has 0 atom stereocenters. The van der Waals surface area contributed by atoms with Crippen molar-refractivity contribution in [2.75, 3.05) is 0 Å². The third-order valence-corrected chi connectivity index (χ3v) is 2.22. The van der Waals surface area contributed by atoms with E-state index in [9.17, 15) is 4.79 Å². The number of hydrogen-bond donors (Lipinski definition) is 0. The van der Waals surface area contributed by atoms with Crippen molar-refractivity contribution in [1.82, 2.24) is 0 Å². The molecule has 0 N–H and O–H groups in total. The Hall–Kier alpha value is -2.49. The summed E-state index contributed by atoms with van der Waals surface area (Å²) in [6, 6.07) is 9.49. The van der Waals surface area contributed by atoms with Crippen LogP contribution in [0.2, 0.25) is 0 Å². The Kier molecular flexibility index (Phi) is 4.19. The lowest BCUT2D eigenvalue weighted by Gasteiger charge is -2.04. The second kappa shape index (κ2) is 6.30. The lowest BCUT2D eigenvalue weighted by molar-refractivity contribution is -0.140. The van der Waals surface area contributed by atoms with Crippen molar-refractivity contribution in [2.24, 2.45) is 10.2 Å². The van der Waals surface area contributed by atoms with Crippen LogP contribution in [-0.2, 0) is 16.1 Å². The summed E-state index contributed by atoms with van der Waals surface area (Å²) in [5, 5.41) is 7.48. The highest BCUT2D eigenvalue weighted by Gasteiger charge is 2.10. The van der Waals surface area contributed by atoms with E-state index < -0.39 is 5.97 Å². The van der Waals surface area contributed by atoms with Gasteiger partial charge in [0.05, 0.1) is 0 Å². The van der Waals surface area contributed by atoms with Gasteiger partial charge < -0.3 is 4.74 Å². The molecule has 0 amide bonds. The predicted octanol–water partition coefficient (Wildman–Crippen LogP) is 3.15. The molecule has 2 rings (SSSR count). The van der Waals surface area contributed by atoms with Gasteiger partial charge in [0.15, 0.2) is 5.70 Å². The fourth-order valence-electron chi connectivity index (χ4n) is 1.33. The van der Waals surface area contributed by atoms with Crippen LogP contribution >= 0.6 is 0 Å². The van der Waals surface area contributed by atoms with E-state index in [1.54, 1.807) is 24.3 Å². The quantitative estimate of drug-likeness (QED) is 0.762. The fourth-order valence-corrected chi connectivity index (χ4v) is 1.33. The normalized spacial score (nSPS) is 13.7. The van der Waals surface area contributed by atoms with Crippen LogP contribution in [-0.4, -0.2) is 5.97 Å². The van der Waals surface area contributed by atoms with Gasteiger partial charge in [-0.25, -0.2) is 4.79 Å². The number of nitrogens with zero attached hydrogens (tertiary/aromatic N) is 2. The van der Waals surface area contributed by atoms with Gasteiger partial charge in [-0.15, -0.1) is 5.11 Å². The molecule has 18 heavy (non-hydrogen) atoms. The monoisotopic (exact) mass is 240 g/mol. The Bertz CT molecular complexity index is 528. The van der Waals surface area contributed by atoms with Gasteiger partial charge in [0.1, 0.15) is 6.61 Å². The number of carbonyl (C=O) groups excluding carboxylic acids is 1. The summed E-state index contributed by atoms with van der Waals surface area (Å²) in [5.74, 6) is -0.484. The van der Waals surface area contributed by atoms with Crippen LogP contribution in [0.15, 0.2) is 76.8 Å². The third-order valence-electron chi connectivity index (χ3n) is 2.22. The molecule has 0 fully saturated rings. The molecular weight excluding hydrogens is 228 g/mol. The molecule has 0 saturated heterocycles. The van der Waals surface area contributed by atoms with E-state index in [0.717, 1.165) is 5.56 Å². The molecule has 1 aliphatic heterocycles. The zero-order valence-corrected chi connectivity index (χ0v) is 9.69. The number of hydrogen-bond acceptors (Lipinski definition) is 4. The van der Waals surface area contributed by atoms with Crippen LogP contribution in [0.4, 0.5) is 0 Å². The van der Waals surface area contributed by atoms with Gasteiger partial charge in [0.2, 0.25) is 0 Å². The van der Waals surface area contributed by atoms with Crippen molar-refractivity contribution in [1.29, 1.82) is 0 Å². The van der Waals surface area contributed by atoms with Crippen LogP contribution in [0.3, 0.4) is 0 Å². The first kappa shape index (κ1) is 12.0. The first-order valence-corrected chi connectivity index (χ1v) is 5.51. The highest BCUT2D eigenvalue weighted by molar-refractivity contribution is 5.88. The summed E-state index contributed by atoms with van der Waals surface area (Å²) in [5.41, 5.74) is 1.12. The van der Waals surface area contributed by atoms with Crippen LogP contribution in [0, 0.1) is 0 Å². The maximum atomic E-state index is 11.7. The van der Waals surface area contributed by atoms with Crippen LogP contribution in [0.1, 0.15) is 5.56 Å². The number of benzene rings is 1. The standard InChI is InChI=1S/C14H12N2O2/c17-14(13-9-5-2-6-10-15-16-13)18-11-12-7-3-1-4-8-12/h1-10H,11H2. The van der Waals surface area contributed by atoms with Crippen LogP contribution < -0.4 is 0 Å². The number of esters is 1. The molecule has 4 nitrogen and oxygen atoms in total. The average Bonchev–Trinajstić information content (AvgIpc) is 2.37. The highest BCUT2D eigenvalue weighted by atomic mass is 16.5. The van der Waals surface area contributed by atoms with Gasteiger partial charge in [-0.05, 0) is 17.7 Å². The minimum absolute atomic E-state index is 0.187. The predicted molar refractivity (Wildman–Crippen MR) is 67.5 cm³/mol. The number of ether oxygens (including phenoxy) is 1. The van der Waals surface area contributed by atoms with Gasteiger partial charge in [-0.3, -0.25) is 0 Å². The van der Waals surface area contributed by atoms with Gasteiger partial charge in [0, 0.05) is 6.20 Å². The summed E-state index contributed by atoms with van der Waals surface area (Å²) < 4.78 is 5.14. The van der Waals surface area contributed by atoms with E-state index >= 15 is 0 Å². The first-order chi connectivity index (χ1) is 8.86. The average molecular weight is 240 g/mol. The lowest BCUT2D eigenvalue weighted by atomic mass is 10.2. The fraction of sp³-hybridized carbons (Fsp3) is 0.0714. The zero-order chi connectivity index (χ0) is 12.6. The second-order valence-electron chi connectivity index (χ2n) is 3.56. The molecule has 0 radical (unpaired) electrons. The Morgan fingerprint density at radius 2 is 1.94 bits per heavy atom. The SMILES string of the molecule is O=C(OCc1ccccc1)C1=CC=CC=CN=N1. The smallest absolute Gasteiger partial charge is 0.359 e. The number of azo groups is 1. The maximum Gasteiger partial charge on any atom is 0.359 e. The molecule has 4 heteroatoms. The molecule has 0 aliphatic carbocycles. The van der Waals surface area contributed by atoms with Crippen molar-refractivity contribution >= 4 is 5.97 Å². The molecule has 0 aromatic heterocycles. The van der Waals surface area contributed by atoms with E-state index in [-0.39, 0.29) is 12.3 Å². The molecule has 1 aromatic carbocycles. The number of carbonyl (C=O) groups is 1. The lowest BCUT2D eigenvalue weighted by Crippen LogP contribution is -2.06. The van der Waals surface area contributed by atoms with E-state index in [1.807, 2.05) is 30.3 Å². The first-order valence-electron chi connectivity index (χ1n) is 5.51. The molecule has 1 aliphatic rings. The molecule has 0 spiro atoms. The van der Waals surface area contributed by atoms with Gasteiger partial charge in [-0.2, -0.15) is 5.11 Å². The van der Waals surface area contributed by atoms with Gasteiger partial charge in [0.25, 0.3) is 0 Å². The van der Waals surface area contributed by atoms with Crippen molar-refractivity contribution in [3.63, 3.8) is 0 Å². The number of rotatable bonds is 3. The summed E-state index contributed by atoms with van der Waals surface area (Å²) >= 11 is 0. The molecule has 0 bridgehead atoms. The Labute approximate surface area is 105 Å². The number of allylic oxidation sites excluding steroid dienone is 4. The van der Waals surface area contributed by atoms with Crippen molar-refractivity contribution in [2.45, 2.75) is 6.61 Å². The highest BCUT2D eigenvalue weighted by Crippen LogP contribution is 2.07. The maximum absolute atomic E-state index is 11.7. The Morgan fingerprint density at radius 1 is 1.11 bits per heavy atom. The summed E-state index contributed by atoms with van der Waals surface area (Å²) in [6.45, 7) is 0.228. The molecule has 0 saturated carbocycles. The van der Waals surface area contributed by atoms with Crippen molar-refractivity contribution in [3.05, 3.63) is 72.1 Å². The minimum Gasteiger partial charge on any atom is -0.456 e. The van der Waals surface area contributed by atoms with E-state index in [2.05, 4.69) is 10.2 Å².